The van der Waals surface area contributed by atoms with Crippen LogP contribution in [0, 0.1) is 34.5 Å². The van der Waals surface area contributed by atoms with Crippen molar-refractivity contribution in [3.8, 4) is 0 Å². The van der Waals surface area contributed by atoms with Gasteiger partial charge in [-0.1, -0.05) is 30.7 Å². The molecular weight excluding hydrogens is 416 g/mol. The predicted molar refractivity (Wildman–Crippen MR) is 125 cm³/mol. The molecule has 180 valence electrons. The fraction of sp³-hybridized carbons (Fsp3) is 0.714. The Hall–Kier alpha value is -1.72. The van der Waals surface area contributed by atoms with Crippen LogP contribution in [0.4, 0.5) is 0 Å². The van der Waals surface area contributed by atoms with Crippen molar-refractivity contribution in [2.45, 2.75) is 90.4 Å². The second kappa shape index (κ2) is 7.14. The molecule has 0 aromatic carbocycles. The number of allylic oxidation sites excluding steroid dienone is 2. The summed E-state index contributed by atoms with van der Waals surface area (Å²) >= 11 is 0. The van der Waals surface area contributed by atoms with Crippen LogP contribution >= 0.6 is 0 Å². The van der Waals surface area contributed by atoms with Crippen molar-refractivity contribution >= 4 is 11.8 Å². The Balaban J connectivity index is 1.46. The lowest BCUT2D eigenvalue weighted by atomic mass is 9.45. The van der Waals surface area contributed by atoms with Gasteiger partial charge in [0.1, 0.15) is 11.7 Å². The summed E-state index contributed by atoms with van der Waals surface area (Å²) in [5.74, 6) is 0.326. The summed E-state index contributed by atoms with van der Waals surface area (Å²) < 4.78 is 5.75. The van der Waals surface area contributed by atoms with E-state index in [4.69, 9.17) is 4.74 Å². The largest absolute Gasteiger partial charge is 0.456 e. The van der Waals surface area contributed by atoms with Gasteiger partial charge in [0, 0.05) is 12.0 Å². The monoisotopic (exact) mass is 454 g/mol. The highest BCUT2D eigenvalue weighted by atomic mass is 16.6. The number of hydrogen-bond donors (Lipinski definition) is 2. The Kier molecular flexibility index (Phi) is 4.99. The zero-order valence-corrected chi connectivity index (χ0v) is 20.6. The number of ether oxygens (including phenoxy) is 1. The fourth-order valence-corrected chi connectivity index (χ4v) is 8.47. The quantitative estimate of drug-likeness (QED) is 0.481. The minimum Gasteiger partial charge on any atom is -0.456 e. The van der Waals surface area contributed by atoms with Gasteiger partial charge in [-0.05, 0) is 95.0 Å². The summed E-state index contributed by atoms with van der Waals surface area (Å²) in [7, 11) is 0. The normalized spacial score (nSPS) is 48.6. The number of ketones is 1. The molecule has 0 spiro atoms. The second-order valence-corrected chi connectivity index (χ2v) is 12.2. The number of aliphatic hydroxyl groups is 2. The van der Waals surface area contributed by atoms with E-state index in [0.717, 1.165) is 31.3 Å². The van der Waals surface area contributed by atoms with Crippen LogP contribution in [0.2, 0.25) is 0 Å². The topological polar surface area (TPSA) is 83.8 Å². The Morgan fingerprint density at radius 3 is 2.55 bits per heavy atom. The molecule has 2 N–H and O–H groups in total. The Morgan fingerprint density at radius 2 is 1.85 bits per heavy atom. The van der Waals surface area contributed by atoms with Crippen molar-refractivity contribution in [3.05, 3.63) is 35.5 Å². The van der Waals surface area contributed by atoms with Gasteiger partial charge in [-0.3, -0.25) is 4.79 Å². The van der Waals surface area contributed by atoms with Crippen LogP contribution in [0.1, 0.15) is 73.1 Å². The summed E-state index contributed by atoms with van der Waals surface area (Å²) in [5, 5.41) is 23.3. The van der Waals surface area contributed by atoms with Crippen LogP contribution < -0.4 is 0 Å². The van der Waals surface area contributed by atoms with Crippen LogP contribution in [0.15, 0.2) is 35.5 Å². The molecule has 1 heterocycles. The molecule has 2 saturated carbocycles. The smallest absolute Gasteiger partial charge is 0.334 e. The van der Waals surface area contributed by atoms with Gasteiger partial charge in [-0.15, -0.1) is 0 Å². The van der Waals surface area contributed by atoms with E-state index >= 15 is 0 Å². The predicted octanol–water partition coefficient (Wildman–Crippen LogP) is 4.28. The van der Waals surface area contributed by atoms with E-state index < -0.39 is 22.7 Å². The molecule has 9 atom stereocenters. The Bertz CT molecular complexity index is 988. The summed E-state index contributed by atoms with van der Waals surface area (Å²) in [6.45, 7) is 9.85. The van der Waals surface area contributed by atoms with Crippen molar-refractivity contribution in [3.63, 3.8) is 0 Å². The van der Waals surface area contributed by atoms with Crippen molar-refractivity contribution in [2.24, 2.45) is 34.5 Å². The number of fused-ring (bicyclic) bond motifs is 5. The third kappa shape index (κ3) is 2.91. The van der Waals surface area contributed by atoms with E-state index in [0.29, 0.717) is 24.3 Å². The Labute approximate surface area is 197 Å². The maximum absolute atomic E-state index is 13.1. The lowest BCUT2D eigenvalue weighted by Gasteiger charge is -2.60. The van der Waals surface area contributed by atoms with Crippen LogP contribution in [-0.4, -0.2) is 39.3 Å². The van der Waals surface area contributed by atoms with Crippen molar-refractivity contribution in [2.75, 3.05) is 0 Å². The van der Waals surface area contributed by atoms with E-state index in [-0.39, 0.29) is 34.9 Å². The molecule has 4 aliphatic carbocycles. The van der Waals surface area contributed by atoms with E-state index in [1.807, 2.05) is 26.8 Å². The molecule has 0 saturated heterocycles. The van der Waals surface area contributed by atoms with E-state index in [9.17, 15) is 19.8 Å². The van der Waals surface area contributed by atoms with Gasteiger partial charge in [0.05, 0.1) is 11.0 Å². The highest BCUT2D eigenvalue weighted by Gasteiger charge is 2.66. The molecule has 5 rings (SSSR count). The number of carbonyl (C=O) groups excluding carboxylic acids is 2. The second-order valence-electron chi connectivity index (χ2n) is 12.2. The number of cyclic esters (lactones) is 1. The van der Waals surface area contributed by atoms with Gasteiger partial charge in [-0.25, -0.2) is 4.79 Å². The van der Waals surface area contributed by atoms with Gasteiger partial charge >= 0.3 is 5.97 Å². The zero-order chi connectivity index (χ0) is 24.0. The van der Waals surface area contributed by atoms with Crippen molar-refractivity contribution < 1.29 is 24.5 Å². The van der Waals surface area contributed by atoms with E-state index in [2.05, 4.69) is 13.0 Å². The molecular formula is C28H38O5. The molecule has 5 aliphatic rings. The molecule has 1 aliphatic heterocycles. The number of rotatable bonds is 2. The molecule has 0 aromatic rings. The lowest BCUT2D eigenvalue weighted by Crippen LogP contribution is -2.62. The van der Waals surface area contributed by atoms with Gasteiger partial charge < -0.3 is 14.9 Å². The van der Waals surface area contributed by atoms with Crippen molar-refractivity contribution in [1.29, 1.82) is 0 Å². The minimum absolute atomic E-state index is 0.00363. The molecule has 33 heavy (non-hydrogen) atoms. The molecule has 0 bridgehead atoms. The summed E-state index contributed by atoms with van der Waals surface area (Å²) in [6, 6.07) is 0. The first-order valence-electron chi connectivity index (χ1n) is 12.6. The fourth-order valence-electron chi connectivity index (χ4n) is 8.47. The maximum Gasteiger partial charge on any atom is 0.334 e. The third-order valence-corrected chi connectivity index (χ3v) is 10.8. The Morgan fingerprint density at radius 1 is 1.12 bits per heavy atom. The molecule has 2 fully saturated rings. The first kappa shape index (κ1) is 23.0. The lowest BCUT2D eigenvalue weighted by molar-refractivity contribution is -0.184. The zero-order valence-electron chi connectivity index (χ0n) is 20.6. The summed E-state index contributed by atoms with van der Waals surface area (Å²) in [6.07, 6.45) is 11.6. The van der Waals surface area contributed by atoms with E-state index in [1.165, 1.54) is 0 Å². The first-order chi connectivity index (χ1) is 15.4. The van der Waals surface area contributed by atoms with Crippen LogP contribution in [0.5, 0.6) is 0 Å². The number of esters is 1. The summed E-state index contributed by atoms with van der Waals surface area (Å²) in [5.41, 5.74) is -1.52. The summed E-state index contributed by atoms with van der Waals surface area (Å²) in [4.78, 5) is 25.5. The minimum atomic E-state index is -1.12. The third-order valence-electron chi connectivity index (χ3n) is 10.8. The molecule has 0 amide bonds. The van der Waals surface area contributed by atoms with Crippen molar-refractivity contribution in [1.82, 2.24) is 0 Å². The average molecular weight is 455 g/mol. The molecule has 5 heteroatoms. The molecule has 5 nitrogen and oxygen atoms in total. The number of carbonyl (C=O) groups is 2. The highest BCUT2D eigenvalue weighted by Crippen LogP contribution is 2.67. The van der Waals surface area contributed by atoms with Gasteiger partial charge in [0.25, 0.3) is 0 Å². The van der Waals surface area contributed by atoms with Gasteiger partial charge in [0.2, 0.25) is 0 Å². The molecule has 0 aromatic heterocycles. The maximum atomic E-state index is 13.1. The van der Waals surface area contributed by atoms with Gasteiger partial charge in [0.15, 0.2) is 5.78 Å². The van der Waals surface area contributed by atoms with Crippen LogP contribution in [0.25, 0.3) is 0 Å². The molecule has 0 unspecified atom stereocenters. The molecule has 0 radical (unpaired) electrons. The highest BCUT2D eigenvalue weighted by molar-refractivity contribution is 5.97. The first-order valence-corrected chi connectivity index (χ1v) is 12.6. The SMILES string of the molecule is CC1=C(C)C(=O)O[C@@H]([C@](C)(O)[C@H]2CC[C@H]3[C@@H]4C=C[C@@]5(O)CC=CC(=O)[C@]5(C)[C@@H]4CC[C@]23C)C1. The van der Waals surface area contributed by atoms with Crippen LogP contribution in [-0.2, 0) is 14.3 Å². The number of hydrogen-bond acceptors (Lipinski definition) is 5. The van der Waals surface area contributed by atoms with Crippen LogP contribution in [0.3, 0.4) is 0 Å². The van der Waals surface area contributed by atoms with E-state index in [1.54, 1.807) is 19.1 Å². The standard InChI is InChI=1S/C28H38O5/c1-16-15-23(33-24(30)17(16)2)27(5,31)21-9-8-19-18-10-14-28(32)12-6-7-22(29)26(28,4)20(18)11-13-25(19,21)3/h6-7,10,14,18-21,23,31-32H,8-9,11-13,15H2,1-5H3/t18-,19-,20+,21-,23+,25-,26-,27+,28-/m0/s1. The van der Waals surface area contributed by atoms with Gasteiger partial charge in [-0.2, -0.15) is 0 Å². The average Bonchev–Trinajstić information content (AvgIpc) is 3.11.